The quantitative estimate of drug-likeness (QED) is 0.786. The van der Waals surface area contributed by atoms with Crippen LogP contribution in [0.2, 0.25) is 0 Å². The van der Waals surface area contributed by atoms with Crippen molar-refractivity contribution in [1.82, 2.24) is 15.1 Å². The van der Waals surface area contributed by atoms with Gasteiger partial charge < -0.3 is 20.2 Å². The van der Waals surface area contributed by atoms with E-state index in [1.54, 1.807) is 18.7 Å². The van der Waals surface area contributed by atoms with Crippen LogP contribution < -0.4 is 5.32 Å². The predicted octanol–water partition coefficient (Wildman–Crippen LogP) is 0.883. The van der Waals surface area contributed by atoms with Gasteiger partial charge in [-0.1, -0.05) is 0 Å². The second kappa shape index (κ2) is 6.38. The van der Waals surface area contributed by atoms with Crippen LogP contribution in [0.4, 0.5) is 4.79 Å². The molecule has 0 radical (unpaired) electrons. The average molecular weight is 257 g/mol. The Hall–Kier alpha value is -0.810. The van der Waals surface area contributed by atoms with Gasteiger partial charge >= 0.3 is 6.03 Å². The fraction of sp³-hybridized carbons (Fsp3) is 0.923. The highest BCUT2D eigenvalue weighted by atomic mass is 16.3. The molecule has 0 unspecified atom stereocenters. The second-order valence-corrected chi connectivity index (χ2v) is 5.85. The van der Waals surface area contributed by atoms with Gasteiger partial charge in [-0.25, -0.2) is 4.79 Å². The van der Waals surface area contributed by atoms with E-state index < -0.39 is 5.60 Å². The Kier molecular flexibility index (Phi) is 5.41. The van der Waals surface area contributed by atoms with E-state index in [4.69, 9.17) is 0 Å². The monoisotopic (exact) mass is 257 g/mol. The Morgan fingerprint density at radius 1 is 1.44 bits per heavy atom. The van der Waals surface area contributed by atoms with Crippen molar-refractivity contribution in [3.8, 4) is 0 Å². The van der Waals surface area contributed by atoms with E-state index in [1.165, 1.54) is 0 Å². The van der Waals surface area contributed by atoms with Crippen LogP contribution >= 0.6 is 0 Å². The van der Waals surface area contributed by atoms with Crippen molar-refractivity contribution >= 4 is 6.03 Å². The molecule has 1 heterocycles. The molecular weight excluding hydrogens is 230 g/mol. The molecule has 106 valence electrons. The highest BCUT2D eigenvalue weighted by Gasteiger charge is 2.24. The number of likely N-dealkylation sites (N-methyl/N-ethyl adjacent to an activating group) is 1. The lowest BCUT2D eigenvalue weighted by Crippen LogP contribution is -2.51. The van der Waals surface area contributed by atoms with E-state index in [1.807, 2.05) is 6.92 Å². The first kappa shape index (κ1) is 15.2. The minimum atomic E-state index is -0.847. The van der Waals surface area contributed by atoms with Crippen LogP contribution in [-0.2, 0) is 0 Å². The molecule has 0 aromatic rings. The number of carbonyl (C=O) groups excluding carboxylic acids is 1. The first-order valence-electron chi connectivity index (χ1n) is 6.78. The van der Waals surface area contributed by atoms with E-state index in [2.05, 4.69) is 17.3 Å². The molecule has 1 saturated heterocycles. The van der Waals surface area contributed by atoms with Gasteiger partial charge in [-0.3, -0.25) is 0 Å². The maximum atomic E-state index is 12.1. The fourth-order valence-electron chi connectivity index (χ4n) is 2.21. The summed E-state index contributed by atoms with van der Waals surface area (Å²) in [5.74, 6) is 0. The van der Waals surface area contributed by atoms with E-state index in [-0.39, 0.29) is 12.1 Å². The molecule has 1 rings (SSSR count). The summed E-state index contributed by atoms with van der Waals surface area (Å²) in [4.78, 5) is 16.0. The summed E-state index contributed by atoms with van der Waals surface area (Å²) in [6.45, 7) is 8.41. The zero-order valence-electron chi connectivity index (χ0n) is 12.1. The summed E-state index contributed by atoms with van der Waals surface area (Å²) in [6, 6.07) is 0.207. The molecule has 5 heteroatoms. The molecule has 0 saturated carbocycles. The summed E-state index contributed by atoms with van der Waals surface area (Å²) in [5.41, 5.74) is -0.847. The van der Waals surface area contributed by atoms with Gasteiger partial charge in [0.1, 0.15) is 0 Å². The number of nitrogens with one attached hydrogen (secondary N) is 1. The number of likely N-dealkylation sites (tertiary alicyclic amines) is 1. The van der Waals surface area contributed by atoms with Crippen LogP contribution in [0.25, 0.3) is 0 Å². The largest absolute Gasteiger partial charge is 0.389 e. The SMILES string of the molecule is CCN(CC(C)(C)O)C(=O)NC1CCN(C)CC1. The maximum absolute atomic E-state index is 12.1. The van der Waals surface area contributed by atoms with Crippen molar-refractivity contribution in [3.63, 3.8) is 0 Å². The molecular formula is C13H27N3O2. The van der Waals surface area contributed by atoms with E-state index in [0.29, 0.717) is 13.1 Å². The predicted molar refractivity (Wildman–Crippen MR) is 72.6 cm³/mol. The summed E-state index contributed by atoms with van der Waals surface area (Å²) >= 11 is 0. The Bertz CT molecular complexity index is 268. The van der Waals surface area contributed by atoms with E-state index >= 15 is 0 Å². The molecule has 2 amide bonds. The molecule has 0 bridgehead atoms. The third kappa shape index (κ3) is 5.23. The summed E-state index contributed by atoms with van der Waals surface area (Å²) in [7, 11) is 2.10. The first-order valence-corrected chi connectivity index (χ1v) is 6.78. The second-order valence-electron chi connectivity index (χ2n) is 5.85. The van der Waals surface area contributed by atoms with Crippen molar-refractivity contribution < 1.29 is 9.90 Å². The van der Waals surface area contributed by atoms with Gasteiger partial charge in [0.25, 0.3) is 0 Å². The van der Waals surface area contributed by atoms with Gasteiger partial charge in [-0.2, -0.15) is 0 Å². The smallest absolute Gasteiger partial charge is 0.317 e. The lowest BCUT2D eigenvalue weighted by atomic mass is 10.1. The van der Waals surface area contributed by atoms with Gasteiger partial charge in [0.15, 0.2) is 0 Å². The third-order valence-corrected chi connectivity index (χ3v) is 3.29. The number of hydrogen-bond donors (Lipinski definition) is 2. The molecule has 1 fully saturated rings. The first-order chi connectivity index (χ1) is 8.31. The zero-order chi connectivity index (χ0) is 13.8. The molecule has 1 aliphatic heterocycles. The Labute approximate surface area is 110 Å². The average Bonchev–Trinajstić information content (AvgIpc) is 2.27. The Morgan fingerprint density at radius 2 is 2.00 bits per heavy atom. The van der Waals surface area contributed by atoms with Crippen LogP contribution in [0.1, 0.15) is 33.6 Å². The van der Waals surface area contributed by atoms with Gasteiger partial charge in [0.2, 0.25) is 0 Å². The number of carbonyl (C=O) groups is 1. The third-order valence-electron chi connectivity index (χ3n) is 3.29. The topological polar surface area (TPSA) is 55.8 Å². The van der Waals surface area contributed by atoms with Crippen LogP contribution in [0, 0.1) is 0 Å². The molecule has 0 aromatic carbocycles. The molecule has 0 aromatic heterocycles. The number of amides is 2. The molecule has 18 heavy (non-hydrogen) atoms. The number of aliphatic hydroxyl groups is 1. The van der Waals surface area contributed by atoms with Crippen molar-refractivity contribution in [2.75, 3.05) is 33.2 Å². The number of piperidine rings is 1. The van der Waals surface area contributed by atoms with Crippen molar-refractivity contribution in [2.24, 2.45) is 0 Å². The maximum Gasteiger partial charge on any atom is 0.317 e. The Balaban J connectivity index is 2.42. The van der Waals surface area contributed by atoms with E-state index in [9.17, 15) is 9.90 Å². The zero-order valence-corrected chi connectivity index (χ0v) is 12.1. The minimum absolute atomic E-state index is 0.0609. The van der Waals surface area contributed by atoms with Gasteiger partial charge in [-0.05, 0) is 53.8 Å². The van der Waals surface area contributed by atoms with Gasteiger partial charge in [0.05, 0.1) is 12.1 Å². The summed E-state index contributed by atoms with van der Waals surface area (Å²) in [6.07, 6.45) is 2.00. The molecule has 5 nitrogen and oxygen atoms in total. The summed E-state index contributed by atoms with van der Waals surface area (Å²) in [5, 5.41) is 12.8. The normalized spacial score (nSPS) is 18.7. The Morgan fingerprint density at radius 3 is 2.44 bits per heavy atom. The number of rotatable bonds is 4. The minimum Gasteiger partial charge on any atom is -0.389 e. The molecule has 0 atom stereocenters. The number of nitrogens with zero attached hydrogens (tertiary/aromatic N) is 2. The van der Waals surface area contributed by atoms with Crippen LogP contribution in [0.3, 0.4) is 0 Å². The highest BCUT2D eigenvalue weighted by Crippen LogP contribution is 2.10. The molecule has 0 aliphatic carbocycles. The van der Waals surface area contributed by atoms with Crippen molar-refractivity contribution in [2.45, 2.75) is 45.3 Å². The molecule has 2 N–H and O–H groups in total. The lowest BCUT2D eigenvalue weighted by molar-refractivity contribution is 0.0471. The van der Waals surface area contributed by atoms with Crippen molar-refractivity contribution in [1.29, 1.82) is 0 Å². The number of urea groups is 1. The molecule has 1 aliphatic rings. The van der Waals surface area contributed by atoms with Crippen LogP contribution in [0.5, 0.6) is 0 Å². The van der Waals surface area contributed by atoms with Crippen LogP contribution in [-0.4, -0.2) is 65.8 Å². The highest BCUT2D eigenvalue weighted by molar-refractivity contribution is 5.74. The number of hydrogen-bond acceptors (Lipinski definition) is 3. The van der Waals surface area contributed by atoms with Crippen LogP contribution in [0.15, 0.2) is 0 Å². The van der Waals surface area contributed by atoms with Gasteiger partial charge in [0, 0.05) is 12.6 Å². The summed E-state index contributed by atoms with van der Waals surface area (Å²) < 4.78 is 0. The lowest BCUT2D eigenvalue weighted by Gasteiger charge is -2.33. The molecule has 0 spiro atoms. The van der Waals surface area contributed by atoms with Crippen molar-refractivity contribution in [3.05, 3.63) is 0 Å². The fourth-order valence-corrected chi connectivity index (χ4v) is 2.21. The van der Waals surface area contributed by atoms with Gasteiger partial charge in [-0.15, -0.1) is 0 Å². The standard InChI is InChI=1S/C13H27N3O2/c1-5-16(10-13(2,3)18)12(17)14-11-6-8-15(4)9-7-11/h11,18H,5-10H2,1-4H3,(H,14,17). The van der Waals surface area contributed by atoms with E-state index in [0.717, 1.165) is 25.9 Å².